The molecule has 0 spiro atoms. The van der Waals surface area contributed by atoms with E-state index in [1.807, 2.05) is 0 Å². The lowest BCUT2D eigenvalue weighted by Gasteiger charge is -2.06. The highest BCUT2D eigenvalue weighted by Gasteiger charge is 2.12. The van der Waals surface area contributed by atoms with Gasteiger partial charge in [-0.05, 0) is 45.8 Å². The molecular weight excluding hydrogens is 311 g/mol. The molecule has 2 aromatic rings. The van der Waals surface area contributed by atoms with Gasteiger partial charge < -0.3 is 4.74 Å². The average Bonchev–Trinajstić information content (AvgIpc) is 2.41. The fraction of sp³-hybridized carbons (Fsp3) is 0.133. The lowest BCUT2D eigenvalue weighted by molar-refractivity contribution is 0.0991. The molecule has 0 aliphatic carbocycles. The van der Waals surface area contributed by atoms with Crippen molar-refractivity contribution in [3.05, 3.63) is 63.9 Å². The topological polar surface area (TPSA) is 26.3 Å². The van der Waals surface area contributed by atoms with Crippen LogP contribution >= 0.6 is 15.9 Å². The van der Waals surface area contributed by atoms with E-state index in [0.717, 1.165) is 0 Å². The quantitative estimate of drug-likeness (QED) is 0.795. The van der Waals surface area contributed by atoms with Gasteiger partial charge in [-0.1, -0.05) is 18.2 Å². The summed E-state index contributed by atoms with van der Waals surface area (Å²) in [5, 5.41) is 0. The van der Waals surface area contributed by atoms with Crippen LogP contribution in [-0.2, 0) is 6.42 Å². The van der Waals surface area contributed by atoms with Gasteiger partial charge in [0, 0.05) is 12.0 Å². The zero-order valence-corrected chi connectivity index (χ0v) is 11.9. The number of halogens is 2. The number of ether oxygens (including phenoxy) is 1. The minimum atomic E-state index is -0.358. The molecule has 0 saturated heterocycles. The highest BCUT2D eigenvalue weighted by Crippen LogP contribution is 2.26. The summed E-state index contributed by atoms with van der Waals surface area (Å²) in [6.45, 7) is 0. The van der Waals surface area contributed by atoms with Crippen molar-refractivity contribution in [2.75, 3.05) is 7.11 Å². The summed E-state index contributed by atoms with van der Waals surface area (Å²) in [5.74, 6) is 0.166. The van der Waals surface area contributed by atoms with E-state index in [9.17, 15) is 9.18 Å². The minimum Gasteiger partial charge on any atom is -0.496 e. The first-order valence-electron chi connectivity index (χ1n) is 5.72. The Labute approximate surface area is 119 Å². The van der Waals surface area contributed by atoms with E-state index in [1.54, 1.807) is 43.5 Å². The van der Waals surface area contributed by atoms with E-state index in [0.29, 0.717) is 21.3 Å². The fourth-order valence-electron chi connectivity index (χ4n) is 1.76. The second-order valence-corrected chi connectivity index (χ2v) is 4.90. The monoisotopic (exact) mass is 322 g/mol. The van der Waals surface area contributed by atoms with Crippen LogP contribution in [0, 0.1) is 5.82 Å². The van der Waals surface area contributed by atoms with Crippen molar-refractivity contribution in [1.29, 1.82) is 0 Å². The molecule has 2 aromatic carbocycles. The van der Waals surface area contributed by atoms with Gasteiger partial charge >= 0.3 is 0 Å². The zero-order valence-electron chi connectivity index (χ0n) is 10.3. The van der Waals surface area contributed by atoms with Crippen LogP contribution in [-0.4, -0.2) is 12.9 Å². The number of hydrogen-bond acceptors (Lipinski definition) is 2. The van der Waals surface area contributed by atoms with Crippen LogP contribution in [0.1, 0.15) is 15.9 Å². The Balaban J connectivity index is 2.21. The summed E-state index contributed by atoms with van der Waals surface area (Å²) in [6, 6.07) is 11.4. The van der Waals surface area contributed by atoms with E-state index in [2.05, 4.69) is 15.9 Å². The summed E-state index contributed by atoms with van der Waals surface area (Å²) < 4.78 is 19.3. The Kier molecular flexibility index (Phi) is 4.32. The van der Waals surface area contributed by atoms with E-state index in [1.165, 1.54) is 6.07 Å². The predicted molar refractivity (Wildman–Crippen MR) is 75.1 cm³/mol. The van der Waals surface area contributed by atoms with E-state index >= 15 is 0 Å². The molecule has 0 bridgehead atoms. The largest absolute Gasteiger partial charge is 0.496 e. The van der Waals surface area contributed by atoms with Gasteiger partial charge in [-0.2, -0.15) is 0 Å². The van der Waals surface area contributed by atoms with E-state index < -0.39 is 0 Å². The van der Waals surface area contributed by atoms with Crippen LogP contribution in [0.4, 0.5) is 4.39 Å². The molecule has 0 unspecified atom stereocenters. The first-order chi connectivity index (χ1) is 9.11. The second kappa shape index (κ2) is 5.97. The summed E-state index contributed by atoms with van der Waals surface area (Å²) >= 11 is 3.32. The molecular formula is C15H12BrFO2. The smallest absolute Gasteiger partial charge is 0.167 e. The number of hydrogen-bond donors (Lipinski definition) is 0. The van der Waals surface area contributed by atoms with Gasteiger partial charge in [-0.25, -0.2) is 4.39 Å². The molecule has 0 radical (unpaired) electrons. The Hall–Kier alpha value is -1.68. The summed E-state index contributed by atoms with van der Waals surface area (Å²) in [5.41, 5.74) is 0.926. The van der Waals surface area contributed by atoms with Crippen molar-refractivity contribution in [2.45, 2.75) is 6.42 Å². The highest BCUT2D eigenvalue weighted by molar-refractivity contribution is 9.10. The summed E-state index contributed by atoms with van der Waals surface area (Å²) in [6.07, 6.45) is 0.0471. The SMILES string of the molecule is COc1ccc(C(=O)Cc2ccccc2F)cc1Br. The number of methoxy groups -OCH3 is 1. The Morgan fingerprint density at radius 2 is 2.00 bits per heavy atom. The molecule has 0 aliphatic heterocycles. The zero-order chi connectivity index (χ0) is 13.8. The van der Waals surface area contributed by atoms with Gasteiger partial charge in [0.05, 0.1) is 11.6 Å². The third-order valence-corrected chi connectivity index (χ3v) is 3.40. The van der Waals surface area contributed by atoms with Crippen molar-refractivity contribution in [3.8, 4) is 5.75 Å². The maximum Gasteiger partial charge on any atom is 0.167 e. The molecule has 0 amide bonds. The lowest BCUT2D eigenvalue weighted by atomic mass is 10.0. The first-order valence-corrected chi connectivity index (χ1v) is 6.51. The standard InChI is InChI=1S/C15H12BrFO2/c1-19-15-7-6-11(8-12(15)16)14(18)9-10-4-2-3-5-13(10)17/h2-8H,9H2,1H3. The van der Waals surface area contributed by atoms with Gasteiger partial charge in [0.25, 0.3) is 0 Å². The fourth-order valence-corrected chi connectivity index (χ4v) is 2.30. The maximum atomic E-state index is 13.5. The lowest BCUT2D eigenvalue weighted by Crippen LogP contribution is -2.05. The molecule has 2 rings (SSSR count). The van der Waals surface area contributed by atoms with Gasteiger partial charge in [0.15, 0.2) is 5.78 Å². The first kappa shape index (κ1) is 13.7. The minimum absolute atomic E-state index is 0.0471. The maximum absolute atomic E-state index is 13.5. The van der Waals surface area contributed by atoms with Crippen molar-refractivity contribution in [2.24, 2.45) is 0 Å². The third-order valence-electron chi connectivity index (χ3n) is 2.78. The van der Waals surface area contributed by atoms with Gasteiger partial charge in [0.2, 0.25) is 0 Å². The number of benzene rings is 2. The second-order valence-electron chi connectivity index (χ2n) is 4.04. The van der Waals surface area contributed by atoms with Crippen LogP contribution in [0.25, 0.3) is 0 Å². The van der Waals surface area contributed by atoms with Crippen molar-refractivity contribution in [1.82, 2.24) is 0 Å². The predicted octanol–water partition coefficient (Wildman–Crippen LogP) is 4.02. The van der Waals surface area contributed by atoms with Crippen LogP contribution in [0.15, 0.2) is 46.9 Å². The van der Waals surface area contributed by atoms with Gasteiger partial charge in [-0.15, -0.1) is 0 Å². The van der Waals surface area contributed by atoms with Crippen LogP contribution in [0.2, 0.25) is 0 Å². The normalized spacial score (nSPS) is 10.3. The van der Waals surface area contributed by atoms with E-state index in [4.69, 9.17) is 4.74 Å². The molecule has 0 heterocycles. The average molecular weight is 323 g/mol. The Bertz CT molecular complexity index is 611. The number of carbonyl (C=O) groups is 1. The third kappa shape index (κ3) is 3.20. The van der Waals surface area contributed by atoms with Crippen molar-refractivity contribution >= 4 is 21.7 Å². The molecule has 0 saturated carbocycles. The summed E-state index contributed by atoms with van der Waals surface area (Å²) in [7, 11) is 1.56. The van der Waals surface area contributed by atoms with E-state index in [-0.39, 0.29) is 18.0 Å². The number of Topliss-reactive ketones (excluding diaryl/α,β-unsaturated/α-hetero) is 1. The van der Waals surface area contributed by atoms with Crippen molar-refractivity contribution < 1.29 is 13.9 Å². The molecule has 4 heteroatoms. The summed E-state index contributed by atoms with van der Waals surface area (Å²) in [4.78, 5) is 12.1. The van der Waals surface area contributed by atoms with Gasteiger partial charge in [-0.3, -0.25) is 4.79 Å². The molecule has 0 N–H and O–H groups in total. The molecule has 0 atom stereocenters. The van der Waals surface area contributed by atoms with Crippen molar-refractivity contribution in [3.63, 3.8) is 0 Å². The number of ketones is 1. The van der Waals surface area contributed by atoms with Gasteiger partial charge in [0.1, 0.15) is 11.6 Å². The molecule has 19 heavy (non-hydrogen) atoms. The molecule has 0 aromatic heterocycles. The van der Waals surface area contributed by atoms with Crippen LogP contribution in [0.3, 0.4) is 0 Å². The van der Waals surface area contributed by atoms with Crippen LogP contribution in [0.5, 0.6) is 5.75 Å². The number of carbonyl (C=O) groups excluding carboxylic acids is 1. The Morgan fingerprint density at radius 3 is 2.63 bits per heavy atom. The highest BCUT2D eigenvalue weighted by atomic mass is 79.9. The number of rotatable bonds is 4. The Morgan fingerprint density at radius 1 is 1.26 bits per heavy atom. The molecule has 98 valence electrons. The molecule has 0 aliphatic rings. The molecule has 2 nitrogen and oxygen atoms in total. The van der Waals surface area contributed by atoms with Crippen LogP contribution < -0.4 is 4.74 Å². The molecule has 0 fully saturated rings.